The first kappa shape index (κ1) is 19.1. The van der Waals surface area contributed by atoms with Crippen molar-refractivity contribution in [1.82, 2.24) is 25.6 Å². The summed E-state index contributed by atoms with van der Waals surface area (Å²) < 4.78 is 1.89. The van der Waals surface area contributed by atoms with Crippen molar-refractivity contribution in [3.63, 3.8) is 0 Å². The van der Waals surface area contributed by atoms with Gasteiger partial charge in [0.1, 0.15) is 0 Å². The number of carbonyl (C=O) groups excluding carboxylic acids is 1. The lowest BCUT2D eigenvalue weighted by Crippen LogP contribution is -2.37. The van der Waals surface area contributed by atoms with Crippen molar-refractivity contribution < 1.29 is 9.90 Å². The summed E-state index contributed by atoms with van der Waals surface area (Å²) in [6, 6.07) is 0.325. The fraction of sp³-hybridized carbons (Fsp3) is 0.812. The topological polar surface area (TPSA) is 92.1 Å². The number of amides is 1. The molecule has 1 saturated heterocycles. The number of aliphatic hydroxyl groups excluding tert-OH is 1. The second-order valence-corrected chi connectivity index (χ2v) is 6.77. The third kappa shape index (κ3) is 4.26. The quantitative estimate of drug-likeness (QED) is 0.753. The Kier molecular flexibility index (Phi) is 7.01. The number of aromatic nitrogens is 3. The lowest BCUT2D eigenvalue weighted by Gasteiger charge is -2.27. The SMILES string of the molecule is Cc1c(C(=O)NCC2CCCCC2O)nnn1C1CCNCC1.Cl. The van der Waals surface area contributed by atoms with Crippen LogP contribution in [0.3, 0.4) is 0 Å². The van der Waals surface area contributed by atoms with Gasteiger partial charge in [0, 0.05) is 12.5 Å². The van der Waals surface area contributed by atoms with Crippen LogP contribution < -0.4 is 10.6 Å². The Bertz CT molecular complexity index is 545. The molecule has 2 heterocycles. The maximum atomic E-state index is 12.4. The highest BCUT2D eigenvalue weighted by atomic mass is 35.5. The van der Waals surface area contributed by atoms with Crippen LogP contribution in [0.15, 0.2) is 0 Å². The molecule has 1 aromatic rings. The first-order valence-electron chi connectivity index (χ1n) is 8.75. The van der Waals surface area contributed by atoms with Crippen LogP contribution in [0, 0.1) is 12.8 Å². The van der Waals surface area contributed by atoms with Gasteiger partial charge < -0.3 is 15.7 Å². The molecular weight excluding hydrogens is 330 g/mol. The summed E-state index contributed by atoms with van der Waals surface area (Å²) in [7, 11) is 0. The third-order valence-electron chi connectivity index (χ3n) is 5.19. The molecule has 1 amide bonds. The number of rotatable bonds is 4. The number of aliphatic hydroxyl groups is 1. The van der Waals surface area contributed by atoms with Gasteiger partial charge in [-0.2, -0.15) is 0 Å². The summed E-state index contributed by atoms with van der Waals surface area (Å²) in [4.78, 5) is 12.4. The molecular formula is C16H28ClN5O2. The fourth-order valence-corrected chi connectivity index (χ4v) is 3.68. The van der Waals surface area contributed by atoms with Gasteiger partial charge >= 0.3 is 0 Å². The standard InChI is InChI=1S/C16H27N5O2.ClH/c1-11-15(19-20-21(11)13-6-8-17-9-7-13)16(23)18-10-12-4-2-3-5-14(12)22;/h12-14,17,22H,2-10H2,1H3,(H,18,23);1H. The second kappa shape index (κ2) is 8.78. The van der Waals surface area contributed by atoms with Gasteiger partial charge in [0.2, 0.25) is 0 Å². The molecule has 0 aromatic carbocycles. The molecule has 0 radical (unpaired) electrons. The van der Waals surface area contributed by atoms with E-state index in [2.05, 4.69) is 20.9 Å². The zero-order valence-corrected chi connectivity index (χ0v) is 15.0. The summed E-state index contributed by atoms with van der Waals surface area (Å²) in [6.07, 6.45) is 5.75. The molecule has 2 atom stereocenters. The van der Waals surface area contributed by atoms with E-state index >= 15 is 0 Å². The summed E-state index contributed by atoms with van der Waals surface area (Å²) in [5.41, 5.74) is 1.24. The Balaban J connectivity index is 0.00000208. The minimum Gasteiger partial charge on any atom is -0.393 e. The fourth-order valence-electron chi connectivity index (χ4n) is 3.68. The summed E-state index contributed by atoms with van der Waals surface area (Å²) in [5.74, 6) is -0.0204. The smallest absolute Gasteiger partial charge is 0.273 e. The van der Waals surface area contributed by atoms with E-state index in [1.165, 1.54) is 0 Å². The normalized spacial score (nSPS) is 25.1. The maximum absolute atomic E-state index is 12.4. The summed E-state index contributed by atoms with van der Waals surface area (Å²) in [5, 5.41) is 24.5. The number of piperidine rings is 1. The molecule has 1 aliphatic carbocycles. The Labute approximate surface area is 149 Å². The van der Waals surface area contributed by atoms with Crippen LogP contribution in [0.1, 0.15) is 60.7 Å². The molecule has 8 heteroatoms. The van der Waals surface area contributed by atoms with E-state index in [9.17, 15) is 9.90 Å². The van der Waals surface area contributed by atoms with Crippen LogP contribution in [-0.2, 0) is 0 Å². The van der Waals surface area contributed by atoms with E-state index < -0.39 is 0 Å². The van der Waals surface area contributed by atoms with Gasteiger partial charge in [-0.25, -0.2) is 4.68 Å². The molecule has 2 fully saturated rings. The molecule has 1 aromatic heterocycles. The van der Waals surface area contributed by atoms with Crippen molar-refractivity contribution in [2.24, 2.45) is 5.92 Å². The Morgan fingerprint density at radius 2 is 2.00 bits per heavy atom. The lowest BCUT2D eigenvalue weighted by atomic mass is 9.86. The van der Waals surface area contributed by atoms with Gasteiger partial charge in [-0.1, -0.05) is 18.1 Å². The number of nitrogens with zero attached hydrogens (tertiary/aromatic N) is 3. The van der Waals surface area contributed by atoms with Gasteiger partial charge in [-0.05, 0) is 45.7 Å². The van der Waals surface area contributed by atoms with E-state index in [0.29, 0.717) is 18.3 Å². The lowest BCUT2D eigenvalue weighted by molar-refractivity contribution is 0.0661. The van der Waals surface area contributed by atoms with Gasteiger partial charge in [0.05, 0.1) is 17.8 Å². The molecule has 0 spiro atoms. The molecule has 0 bridgehead atoms. The van der Waals surface area contributed by atoms with Crippen molar-refractivity contribution in [3.05, 3.63) is 11.4 Å². The van der Waals surface area contributed by atoms with Crippen LogP contribution in [0.5, 0.6) is 0 Å². The van der Waals surface area contributed by atoms with E-state index in [1.807, 2.05) is 11.6 Å². The third-order valence-corrected chi connectivity index (χ3v) is 5.19. The van der Waals surface area contributed by atoms with E-state index in [1.54, 1.807) is 0 Å². The monoisotopic (exact) mass is 357 g/mol. The predicted molar refractivity (Wildman–Crippen MR) is 93.4 cm³/mol. The van der Waals surface area contributed by atoms with Crippen LogP contribution in [0.2, 0.25) is 0 Å². The zero-order valence-electron chi connectivity index (χ0n) is 14.2. The van der Waals surface area contributed by atoms with Crippen molar-refractivity contribution in [3.8, 4) is 0 Å². The Morgan fingerprint density at radius 3 is 2.71 bits per heavy atom. The minimum absolute atomic E-state index is 0. The number of hydrogen-bond acceptors (Lipinski definition) is 5. The van der Waals surface area contributed by atoms with Crippen LogP contribution in [-0.4, -0.2) is 51.7 Å². The van der Waals surface area contributed by atoms with Crippen molar-refractivity contribution >= 4 is 18.3 Å². The van der Waals surface area contributed by atoms with E-state index in [4.69, 9.17) is 0 Å². The number of nitrogens with one attached hydrogen (secondary N) is 2. The molecule has 136 valence electrons. The largest absolute Gasteiger partial charge is 0.393 e. The van der Waals surface area contributed by atoms with E-state index in [-0.39, 0.29) is 30.3 Å². The van der Waals surface area contributed by atoms with Crippen molar-refractivity contribution in [2.45, 2.75) is 57.6 Å². The summed E-state index contributed by atoms with van der Waals surface area (Å²) >= 11 is 0. The second-order valence-electron chi connectivity index (χ2n) is 6.77. The molecule has 24 heavy (non-hydrogen) atoms. The van der Waals surface area contributed by atoms with Gasteiger partial charge in [-0.3, -0.25) is 4.79 Å². The average molecular weight is 358 g/mol. The highest BCUT2D eigenvalue weighted by Crippen LogP contribution is 2.24. The van der Waals surface area contributed by atoms with Crippen LogP contribution in [0.25, 0.3) is 0 Å². The minimum atomic E-state index is -0.296. The predicted octanol–water partition coefficient (Wildman–Crippen LogP) is 1.21. The van der Waals surface area contributed by atoms with Gasteiger partial charge in [0.25, 0.3) is 5.91 Å². The molecule has 2 aliphatic rings. The van der Waals surface area contributed by atoms with Crippen molar-refractivity contribution in [1.29, 1.82) is 0 Å². The molecule has 1 saturated carbocycles. The van der Waals surface area contributed by atoms with Gasteiger partial charge in [-0.15, -0.1) is 17.5 Å². The maximum Gasteiger partial charge on any atom is 0.273 e. The molecule has 3 N–H and O–H groups in total. The van der Waals surface area contributed by atoms with Crippen molar-refractivity contribution in [2.75, 3.05) is 19.6 Å². The van der Waals surface area contributed by atoms with E-state index in [0.717, 1.165) is 57.3 Å². The van der Waals surface area contributed by atoms with Gasteiger partial charge in [0.15, 0.2) is 5.69 Å². The molecule has 2 unspecified atom stereocenters. The average Bonchev–Trinajstić information content (AvgIpc) is 2.96. The highest BCUT2D eigenvalue weighted by molar-refractivity contribution is 5.93. The highest BCUT2D eigenvalue weighted by Gasteiger charge is 2.26. The number of carbonyl (C=O) groups is 1. The first-order valence-corrected chi connectivity index (χ1v) is 8.75. The number of halogens is 1. The molecule has 1 aliphatic heterocycles. The zero-order chi connectivity index (χ0) is 16.2. The molecule has 3 rings (SSSR count). The van der Waals surface area contributed by atoms with Crippen LogP contribution in [0.4, 0.5) is 0 Å². The first-order chi connectivity index (χ1) is 11.2. The summed E-state index contributed by atoms with van der Waals surface area (Å²) in [6.45, 7) is 4.38. The van der Waals surface area contributed by atoms with Crippen LogP contribution >= 0.6 is 12.4 Å². The number of hydrogen-bond donors (Lipinski definition) is 3. The Hall–Kier alpha value is -1.18. The molecule has 7 nitrogen and oxygen atoms in total. The Morgan fingerprint density at radius 1 is 1.29 bits per heavy atom.